The number of amides is 1. The van der Waals surface area contributed by atoms with Crippen molar-refractivity contribution in [3.8, 4) is 0 Å². The van der Waals surface area contributed by atoms with Crippen molar-refractivity contribution in [1.82, 2.24) is 10.2 Å². The fraction of sp³-hybridized carbons (Fsp3) is 0.696. The molecule has 4 heteroatoms. The minimum Gasteiger partial charge on any atom is -0.352 e. The molecule has 5 fully saturated rings. The molecule has 4 saturated carbocycles. The lowest BCUT2D eigenvalue weighted by molar-refractivity contribution is -0.146. The van der Waals surface area contributed by atoms with E-state index in [9.17, 15) is 9.18 Å². The van der Waals surface area contributed by atoms with Crippen LogP contribution in [0.15, 0.2) is 24.3 Å². The Balaban J connectivity index is 1.13. The van der Waals surface area contributed by atoms with E-state index in [0.29, 0.717) is 11.9 Å². The molecular formula is C23H31FN2O. The standard InChI is InChI=1S/C23H31FN2O/c24-20-3-1-16(2-4-20)5-7-26-8-6-21(15-26)25-22(27)23-12-17-9-18(13-23)11-19(10-17)14-23/h1-4,17-19,21H,5-15H2,(H,25,27)/t17?,18?,19?,21-,23?/m0/s1. The van der Waals surface area contributed by atoms with Gasteiger partial charge in [0.05, 0.1) is 0 Å². The monoisotopic (exact) mass is 370 g/mol. The number of hydrogen-bond acceptors (Lipinski definition) is 2. The van der Waals surface area contributed by atoms with Gasteiger partial charge in [-0.05, 0) is 86.8 Å². The van der Waals surface area contributed by atoms with Gasteiger partial charge in [-0.15, -0.1) is 0 Å². The lowest BCUT2D eigenvalue weighted by atomic mass is 9.49. The van der Waals surface area contributed by atoms with E-state index in [-0.39, 0.29) is 11.2 Å². The number of nitrogens with one attached hydrogen (secondary N) is 1. The van der Waals surface area contributed by atoms with Crippen LogP contribution in [0.4, 0.5) is 4.39 Å². The molecule has 0 aromatic heterocycles. The van der Waals surface area contributed by atoms with Crippen molar-refractivity contribution in [2.75, 3.05) is 19.6 Å². The number of likely N-dealkylation sites (tertiary alicyclic amines) is 1. The fourth-order valence-electron chi connectivity index (χ4n) is 6.82. The zero-order valence-electron chi connectivity index (χ0n) is 16.1. The summed E-state index contributed by atoms with van der Waals surface area (Å²) in [5.74, 6) is 2.65. The normalized spacial score (nSPS) is 37.7. The van der Waals surface area contributed by atoms with E-state index >= 15 is 0 Å². The average molecular weight is 371 g/mol. The van der Waals surface area contributed by atoms with Gasteiger partial charge in [-0.2, -0.15) is 0 Å². The van der Waals surface area contributed by atoms with Gasteiger partial charge < -0.3 is 10.2 Å². The van der Waals surface area contributed by atoms with Crippen LogP contribution in [0.3, 0.4) is 0 Å². The first-order chi connectivity index (χ1) is 13.1. The van der Waals surface area contributed by atoms with Crippen molar-refractivity contribution < 1.29 is 9.18 Å². The van der Waals surface area contributed by atoms with Crippen molar-refractivity contribution >= 4 is 5.91 Å². The van der Waals surface area contributed by atoms with Crippen LogP contribution >= 0.6 is 0 Å². The molecule has 4 bridgehead atoms. The van der Waals surface area contributed by atoms with E-state index in [1.54, 1.807) is 0 Å². The molecule has 3 nitrogen and oxygen atoms in total. The van der Waals surface area contributed by atoms with Crippen LogP contribution in [-0.4, -0.2) is 36.5 Å². The van der Waals surface area contributed by atoms with Crippen LogP contribution in [0.25, 0.3) is 0 Å². The number of carbonyl (C=O) groups is 1. The summed E-state index contributed by atoms with van der Waals surface area (Å²) in [6, 6.07) is 7.12. The minimum atomic E-state index is -0.174. The van der Waals surface area contributed by atoms with Crippen molar-refractivity contribution in [3.05, 3.63) is 35.6 Å². The molecule has 1 amide bonds. The van der Waals surface area contributed by atoms with Gasteiger partial charge in [0.1, 0.15) is 5.82 Å². The molecule has 1 saturated heterocycles. The van der Waals surface area contributed by atoms with Crippen LogP contribution in [0.1, 0.15) is 50.5 Å². The highest BCUT2D eigenvalue weighted by Gasteiger charge is 2.54. The Labute approximate surface area is 161 Å². The second-order valence-corrected chi connectivity index (χ2v) is 9.83. The molecule has 1 aromatic carbocycles. The summed E-state index contributed by atoms with van der Waals surface area (Å²) in [5, 5.41) is 3.44. The number of nitrogens with zero attached hydrogens (tertiary/aromatic N) is 1. The number of carbonyl (C=O) groups excluding carboxylic acids is 1. The number of halogens is 1. The molecule has 6 rings (SSSR count). The second-order valence-electron chi connectivity index (χ2n) is 9.83. The van der Waals surface area contributed by atoms with E-state index in [4.69, 9.17) is 0 Å². The summed E-state index contributed by atoms with van der Waals surface area (Å²) < 4.78 is 13.0. The van der Waals surface area contributed by atoms with Crippen LogP contribution in [0.2, 0.25) is 0 Å². The van der Waals surface area contributed by atoms with Gasteiger partial charge in [0.2, 0.25) is 5.91 Å². The Kier molecular flexibility index (Phi) is 4.50. The third kappa shape index (κ3) is 3.53. The van der Waals surface area contributed by atoms with E-state index in [1.165, 1.54) is 37.0 Å². The highest BCUT2D eigenvalue weighted by molar-refractivity contribution is 5.83. The Morgan fingerprint density at radius 2 is 1.70 bits per heavy atom. The summed E-state index contributed by atoms with van der Waals surface area (Å²) in [4.78, 5) is 15.6. The summed E-state index contributed by atoms with van der Waals surface area (Å²) in [6.45, 7) is 2.99. The van der Waals surface area contributed by atoms with Crippen molar-refractivity contribution in [1.29, 1.82) is 0 Å². The quantitative estimate of drug-likeness (QED) is 0.856. The molecule has 0 radical (unpaired) electrons. The van der Waals surface area contributed by atoms with Crippen LogP contribution in [-0.2, 0) is 11.2 Å². The van der Waals surface area contributed by atoms with Crippen molar-refractivity contribution in [3.63, 3.8) is 0 Å². The average Bonchev–Trinajstić information content (AvgIpc) is 3.07. The maximum absolute atomic E-state index is 13.2. The topological polar surface area (TPSA) is 32.3 Å². The largest absolute Gasteiger partial charge is 0.352 e. The first kappa shape index (κ1) is 17.7. The van der Waals surface area contributed by atoms with Crippen LogP contribution in [0.5, 0.6) is 0 Å². The van der Waals surface area contributed by atoms with E-state index in [1.807, 2.05) is 12.1 Å². The molecule has 1 atom stereocenters. The Bertz CT molecular complexity index is 666. The van der Waals surface area contributed by atoms with Crippen LogP contribution in [0, 0.1) is 29.0 Å². The van der Waals surface area contributed by atoms with Gasteiger partial charge in [0.25, 0.3) is 0 Å². The Morgan fingerprint density at radius 1 is 1.07 bits per heavy atom. The first-order valence-corrected chi connectivity index (χ1v) is 10.9. The highest BCUT2D eigenvalue weighted by atomic mass is 19.1. The van der Waals surface area contributed by atoms with Crippen molar-refractivity contribution in [2.45, 2.75) is 57.4 Å². The van der Waals surface area contributed by atoms with Gasteiger partial charge in [0, 0.05) is 31.1 Å². The third-order valence-electron chi connectivity index (χ3n) is 7.76. The summed E-state index contributed by atoms with van der Waals surface area (Å²) >= 11 is 0. The second kappa shape index (κ2) is 6.88. The predicted molar refractivity (Wildman–Crippen MR) is 104 cm³/mol. The number of benzene rings is 1. The van der Waals surface area contributed by atoms with E-state index < -0.39 is 0 Å². The molecular weight excluding hydrogens is 339 g/mol. The number of rotatable bonds is 5. The van der Waals surface area contributed by atoms with Gasteiger partial charge in [-0.25, -0.2) is 4.39 Å². The Morgan fingerprint density at radius 3 is 2.33 bits per heavy atom. The smallest absolute Gasteiger partial charge is 0.226 e. The predicted octanol–water partition coefficient (Wildman–Crippen LogP) is 3.78. The highest BCUT2D eigenvalue weighted by Crippen LogP contribution is 2.60. The molecule has 1 aromatic rings. The maximum atomic E-state index is 13.2. The maximum Gasteiger partial charge on any atom is 0.226 e. The lowest BCUT2D eigenvalue weighted by Gasteiger charge is -2.55. The molecule has 0 unspecified atom stereocenters. The van der Waals surface area contributed by atoms with Gasteiger partial charge in [-0.3, -0.25) is 4.79 Å². The zero-order valence-corrected chi connectivity index (χ0v) is 16.1. The SMILES string of the molecule is O=C(N[C@H]1CCN(CCc2ccc(F)cc2)C1)C12CC3CC(CC(C3)C1)C2. The molecule has 1 heterocycles. The molecule has 27 heavy (non-hydrogen) atoms. The molecule has 1 N–H and O–H groups in total. The van der Waals surface area contributed by atoms with Gasteiger partial charge in [-0.1, -0.05) is 12.1 Å². The van der Waals surface area contributed by atoms with Crippen LogP contribution < -0.4 is 5.32 Å². The summed E-state index contributed by atoms with van der Waals surface area (Å²) in [7, 11) is 0. The summed E-state index contributed by atoms with van der Waals surface area (Å²) in [6.07, 6.45) is 9.58. The summed E-state index contributed by atoms with van der Waals surface area (Å²) in [5.41, 5.74) is 1.15. The van der Waals surface area contributed by atoms with Gasteiger partial charge >= 0.3 is 0 Å². The molecule has 5 aliphatic rings. The Hall–Kier alpha value is -1.42. The lowest BCUT2D eigenvalue weighted by Crippen LogP contribution is -2.55. The zero-order chi connectivity index (χ0) is 18.4. The van der Waals surface area contributed by atoms with Gasteiger partial charge in [0.15, 0.2) is 0 Å². The molecule has 1 aliphatic heterocycles. The number of hydrogen-bond donors (Lipinski definition) is 1. The molecule has 4 aliphatic carbocycles. The fourth-order valence-corrected chi connectivity index (χ4v) is 6.82. The van der Waals surface area contributed by atoms with Crippen molar-refractivity contribution in [2.24, 2.45) is 23.2 Å². The van der Waals surface area contributed by atoms with E-state index in [0.717, 1.165) is 69.5 Å². The van der Waals surface area contributed by atoms with E-state index in [2.05, 4.69) is 10.2 Å². The molecule has 0 spiro atoms. The minimum absolute atomic E-state index is 0.0315. The first-order valence-electron chi connectivity index (χ1n) is 10.9. The third-order valence-corrected chi connectivity index (χ3v) is 7.76. The molecule has 146 valence electrons.